The summed E-state index contributed by atoms with van der Waals surface area (Å²) < 4.78 is 1.55. The van der Waals surface area contributed by atoms with E-state index in [0.717, 1.165) is 25.0 Å². The van der Waals surface area contributed by atoms with Crippen LogP contribution in [0.5, 0.6) is 0 Å². The lowest BCUT2D eigenvalue weighted by Gasteiger charge is -2.39. The molecule has 2 aromatic rings. The van der Waals surface area contributed by atoms with Crippen molar-refractivity contribution in [3.8, 4) is 5.69 Å². The first kappa shape index (κ1) is 21.7. The quantitative estimate of drug-likeness (QED) is 0.604. The molecular formula is C19H28ClN5OS. The van der Waals surface area contributed by atoms with Crippen LogP contribution < -0.4 is 5.32 Å². The van der Waals surface area contributed by atoms with Crippen molar-refractivity contribution in [1.29, 1.82) is 0 Å². The van der Waals surface area contributed by atoms with Crippen molar-refractivity contribution >= 4 is 29.3 Å². The predicted molar refractivity (Wildman–Crippen MR) is 113 cm³/mol. The van der Waals surface area contributed by atoms with Crippen molar-refractivity contribution in [2.45, 2.75) is 38.0 Å². The molecule has 0 spiro atoms. The van der Waals surface area contributed by atoms with Crippen LogP contribution in [-0.4, -0.2) is 56.8 Å². The van der Waals surface area contributed by atoms with E-state index in [0.29, 0.717) is 22.8 Å². The van der Waals surface area contributed by atoms with Crippen molar-refractivity contribution in [3.05, 3.63) is 41.4 Å². The number of nitrogens with one attached hydrogen (secondary N) is 1. The van der Waals surface area contributed by atoms with E-state index >= 15 is 0 Å². The van der Waals surface area contributed by atoms with Crippen LogP contribution >= 0.6 is 23.4 Å². The van der Waals surface area contributed by atoms with Crippen molar-refractivity contribution in [2.24, 2.45) is 0 Å². The molecule has 1 unspecified atom stereocenters. The topological polar surface area (TPSA) is 63.1 Å². The zero-order valence-corrected chi connectivity index (χ0v) is 18.0. The zero-order chi connectivity index (χ0) is 19.9. The number of hydrogen-bond acceptors (Lipinski definition) is 5. The normalized spacial score (nSPS) is 13.6. The van der Waals surface area contributed by atoms with Gasteiger partial charge in [-0.1, -0.05) is 31.5 Å². The molecule has 2 rings (SSSR count). The molecule has 6 nitrogen and oxygen atoms in total. The smallest absolute Gasteiger partial charge is 0.255 e. The van der Waals surface area contributed by atoms with E-state index in [2.05, 4.69) is 48.2 Å². The Morgan fingerprint density at radius 1 is 1.37 bits per heavy atom. The van der Waals surface area contributed by atoms with Crippen LogP contribution in [-0.2, 0) is 0 Å². The Bertz CT molecular complexity index is 738. The summed E-state index contributed by atoms with van der Waals surface area (Å²) in [6, 6.07) is 5.32. The third-order valence-electron chi connectivity index (χ3n) is 4.63. The fourth-order valence-electron chi connectivity index (χ4n) is 3.03. The minimum atomic E-state index is -0.199. The minimum Gasteiger partial charge on any atom is -0.352 e. The summed E-state index contributed by atoms with van der Waals surface area (Å²) >= 11 is 8.28. The standard InChI is InChI=1S/C19H28ClN5OS/c1-5-12-27-19(6-2,24(3)4)10-11-22-18(26)17-15(20)8-7-9-16(17)25-14-21-13-23-25/h7-9,13-14H,5-6,10-12H2,1-4H3,(H,22,26). The highest BCUT2D eigenvalue weighted by Crippen LogP contribution is 2.35. The van der Waals surface area contributed by atoms with Crippen LogP contribution in [0.2, 0.25) is 5.02 Å². The second kappa shape index (κ2) is 10.1. The summed E-state index contributed by atoms with van der Waals surface area (Å²) in [5, 5.41) is 7.55. The number of carbonyl (C=O) groups excluding carboxylic acids is 1. The Morgan fingerprint density at radius 3 is 2.74 bits per heavy atom. The van der Waals surface area contributed by atoms with Gasteiger partial charge in [0.05, 0.1) is 21.1 Å². The Hall–Kier alpha value is -1.57. The molecule has 0 saturated carbocycles. The van der Waals surface area contributed by atoms with Gasteiger partial charge < -0.3 is 5.32 Å². The fraction of sp³-hybridized carbons (Fsp3) is 0.526. The molecule has 8 heteroatoms. The lowest BCUT2D eigenvalue weighted by Crippen LogP contribution is -2.44. The second-order valence-electron chi connectivity index (χ2n) is 6.52. The van der Waals surface area contributed by atoms with Gasteiger partial charge in [0.1, 0.15) is 12.7 Å². The average molecular weight is 410 g/mol. The third kappa shape index (κ3) is 5.24. The maximum absolute atomic E-state index is 12.9. The van der Waals surface area contributed by atoms with Crippen LogP contribution in [0.15, 0.2) is 30.9 Å². The number of hydrogen-bond donors (Lipinski definition) is 1. The van der Waals surface area contributed by atoms with Crippen molar-refractivity contribution in [3.63, 3.8) is 0 Å². The number of halogens is 1. The number of carbonyl (C=O) groups is 1. The molecule has 148 valence electrons. The molecule has 1 amide bonds. The van der Waals surface area contributed by atoms with Crippen LogP contribution in [0.1, 0.15) is 43.5 Å². The Balaban J connectivity index is 2.12. The minimum absolute atomic E-state index is 0.0124. The Labute approximate surface area is 170 Å². The van der Waals surface area contributed by atoms with Gasteiger partial charge >= 0.3 is 0 Å². The third-order valence-corrected chi connectivity index (χ3v) is 6.95. The molecular weight excluding hydrogens is 382 g/mol. The molecule has 0 saturated heterocycles. The van der Waals surface area contributed by atoms with Crippen LogP contribution in [0.25, 0.3) is 5.69 Å². The van der Waals surface area contributed by atoms with E-state index in [1.165, 1.54) is 6.33 Å². The maximum Gasteiger partial charge on any atom is 0.255 e. The SMILES string of the molecule is CCCSC(CC)(CCNC(=O)c1c(Cl)cccc1-n1cncn1)N(C)C. The van der Waals surface area contributed by atoms with Crippen molar-refractivity contribution < 1.29 is 4.79 Å². The van der Waals surface area contributed by atoms with Gasteiger partial charge in [-0.2, -0.15) is 5.10 Å². The van der Waals surface area contributed by atoms with Crippen molar-refractivity contribution in [1.82, 2.24) is 25.0 Å². The van der Waals surface area contributed by atoms with Gasteiger partial charge in [0.15, 0.2) is 0 Å². The van der Waals surface area contributed by atoms with Crippen LogP contribution in [0, 0.1) is 0 Å². The molecule has 1 N–H and O–H groups in total. The molecule has 0 radical (unpaired) electrons. The zero-order valence-electron chi connectivity index (χ0n) is 16.4. The Morgan fingerprint density at radius 2 is 2.15 bits per heavy atom. The predicted octanol–water partition coefficient (Wildman–Crippen LogP) is 3.85. The van der Waals surface area contributed by atoms with E-state index in [1.807, 2.05) is 17.8 Å². The van der Waals surface area contributed by atoms with E-state index in [9.17, 15) is 4.79 Å². The highest BCUT2D eigenvalue weighted by Gasteiger charge is 2.30. The van der Waals surface area contributed by atoms with Gasteiger partial charge in [0.25, 0.3) is 5.91 Å². The summed E-state index contributed by atoms with van der Waals surface area (Å²) in [7, 11) is 4.20. The van der Waals surface area contributed by atoms with Crippen molar-refractivity contribution in [2.75, 3.05) is 26.4 Å². The number of rotatable bonds is 10. The number of amides is 1. The first-order valence-electron chi connectivity index (χ1n) is 9.18. The lowest BCUT2D eigenvalue weighted by atomic mass is 10.1. The number of thioether (sulfide) groups is 1. The lowest BCUT2D eigenvalue weighted by molar-refractivity contribution is 0.0947. The first-order valence-corrected chi connectivity index (χ1v) is 10.5. The number of benzene rings is 1. The fourth-order valence-corrected chi connectivity index (χ4v) is 4.58. The molecule has 27 heavy (non-hydrogen) atoms. The molecule has 1 heterocycles. The second-order valence-corrected chi connectivity index (χ2v) is 8.39. The monoisotopic (exact) mass is 409 g/mol. The summed E-state index contributed by atoms with van der Waals surface area (Å²) in [5.74, 6) is 0.899. The van der Waals surface area contributed by atoms with E-state index in [4.69, 9.17) is 11.6 Å². The molecule has 0 fully saturated rings. The van der Waals surface area contributed by atoms with Gasteiger partial charge in [-0.3, -0.25) is 9.69 Å². The van der Waals surface area contributed by atoms with Gasteiger partial charge in [-0.15, -0.1) is 11.8 Å². The molecule has 0 bridgehead atoms. The number of nitrogens with zero attached hydrogens (tertiary/aromatic N) is 4. The van der Waals surface area contributed by atoms with E-state index in [-0.39, 0.29) is 10.8 Å². The summed E-state index contributed by atoms with van der Waals surface area (Å²) in [6.45, 7) is 4.96. The maximum atomic E-state index is 12.9. The van der Waals surface area contributed by atoms with Gasteiger partial charge in [-0.25, -0.2) is 9.67 Å². The molecule has 0 aliphatic heterocycles. The first-order chi connectivity index (χ1) is 12.9. The summed E-state index contributed by atoms with van der Waals surface area (Å²) in [4.78, 5) is 19.1. The van der Waals surface area contributed by atoms with Crippen LogP contribution in [0.3, 0.4) is 0 Å². The summed E-state index contributed by atoms with van der Waals surface area (Å²) in [6.07, 6.45) is 5.98. The molecule has 0 aliphatic carbocycles. The largest absolute Gasteiger partial charge is 0.352 e. The molecule has 1 aromatic carbocycles. The highest BCUT2D eigenvalue weighted by molar-refractivity contribution is 8.00. The van der Waals surface area contributed by atoms with E-state index in [1.54, 1.807) is 23.1 Å². The average Bonchev–Trinajstić information content (AvgIpc) is 3.18. The molecule has 1 atom stereocenters. The highest BCUT2D eigenvalue weighted by atomic mass is 35.5. The van der Waals surface area contributed by atoms with E-state index < -0.39 is 0 Å². The number of aromatic nitrogens is 3. The Kier molecular flexibility index (Phi) is 8.13. The molecule has 0 aliphatic rings. The summed E-state index contributed by atoms with van der Waals surface area (Å²) in [5.41, 5.74) is 1.03. The van der Waals surface area contributed by atoms with Gasteiger partial charge in [0, 0.05) is 6.54 Å². The van der Waals surface area contributed by atoms with Gasteiger partial charge in [-0.05, 0) is 51.2 Å². The van der Waals surface area contributed by atoms with Gasteiger partial charge in [0.2, 0.25) is 0 Å². The molecule has 1 aromatic heterocycles. The van der Waals surface area contributed by atoms with Crippen LogP contribution in [0.4, 0.5) is 0 Å².